The zero-order chi connectivity index (χ0) is 14.3. The number of carbonyl (C=O) groups excluding carboxylic acids is 3. The number of benzene rings is 1. The molecule has 1 N–H and O–H groups in total. The van der Waals surface area contributed by atoms with Crippen LogP contribution in [-0.2, 0) is 14.4 Å². The van der Waals surface area contributed by atoms with Crippen molar-refractivity contribution < 1.29 is 14.4 Å². The van der Waals surface area contributed by atoms with Crippen LogP contribution in [0.15, 0.2) is 24.3 Å². The van der Waals surface area contributed by atoms with Crippen LogP contribution in [-0.4, -0.2) is 37.4 Å². The second-order valence-electron chi connectivity index (χ2n) is 5.02. The second-order valence-corrected chi connectivity index (χ2v) is 5.02. The number of hydrogen-bond donors (Lipinski definition) is 1. The third kappa shape index (κ3) is 1.93. The van der Waals surface area contributed by atoms with Gasteiger partial charge >= 0.3 is 0 Å². The minimum absolute atomic E-state index is 0.0126. The summed E-state index contributed by atoms with van der Waals surface area (Å²) in [6.07, 6.45) is 0.847. The maximum Gasteiger partial charge on any atom is 0.250 e. The summed E-state index contributed by atoms with van der Waals surface area (Å²) in [5, 5.41) is 2.65. The summed E-state index contributed by atoms with van der Waals surface area (Å²) in [7, 11) is 1.69. The van der Waals surface area contributed by atoms with E-state index in [1.54, 1.807) is 18.0 Å². The van der Waals surface area contributed by atoms with E-state index >= 15 is 0 Å². The van der Waals surface area contributed by atoms with Gasteiger partial charge in [0, 0.05) is 13.5 Å². The predicted octanol–water partition coefficient (Wildman–Crippen LogP) is 0.275. The fourth-order valence-corrected chi connectivity index (χ4v) is 2.62. The molecule has 1 unspecified atom stereocenters. The van der Waals surface area contributed by atoms with Crippen molar-refractivity contribution in [3.8, 4) is 0 Å². The molecule has 0 bridgehead atoms. The second kappa shape index (κ2) is 4.63. The van der Waals surface area contributed by atoms with E-state index in [4.69, 9.17) is 0 Å². The van der Waals surface area contributed by atoms with Gasteiger partial charge in [-0.3, -0.25) is 19.3 Å². The molecule has 6 nitrogen and oxygen atoms in total. The molecule has 6 heteroatoms. The van der Waals surface area contributed by atoms with Crippen molar-refractivity contribution in [2.24, 2.45) is 0 Å². The van der Waals surface area contributed by atoms with E-state index in [0.717, 1.165) is 0 Å². The van der Waals surface area contributed by atoms with Gasteiger partial charge in [0.1, 0.15) is 12.6 Å². The molecule has 1 saturated heterocycles. The van der Waals surface area contributed by atoms with Gasteiger partial charge in [0.05, 0.1) is 11.4 Å². The largest absolute Gasteiger partial charge is 0.344 e. The van der Waals surface area contributed by atoms with Gasteiger partial charge in [-0.25, -0.2) is 0 Å². The van der Waals surface area contributed by atoms with E-state index < -0.39 is 6.04 Å². The van der Waals surface area contributed by atoms with E-state index in [1.807, 2.05) is 18.2 Å². The molecule has 1 aromatic carbocycles. The number of carbonyl (C=O) groups is 3. The molecule has 1 atom stereocenters. The van der Waals surface area contributed by atoms with Crippen molar-refractivity contribution in [3.05, 3.63) is 24.3 Å². The number of anilines is 2. The van der Waals surface area contributed by atoms with Crippen LogP contribution in [0.3, 0.4) is 0 Å². The standard InChI is InChI=1S/C14H15N3O3/c1-16-10-4-2-3-5-11(10)17(8-13(16)19)14(20)9-6-7-12(18)15-9/h2-5,9H,6-8H2,1H3,(H,15,18). The number of nitrogens with zero attached hydrogens (tertiary/aromatic N) is 2. The molecule has 2 aliphatic heterocycles. The van der Waals surface area contributed by atoms with E-state index in [-0.39, 0.29) is 24.3 Å². The molecular formula is C14H15N3O3. The Bertz CT molecular complexity index is 599. The molecule has 0 spiro atoms. The molecular weight excluding hydrogens is 258 g/mol. The molecule has 1 aromatic rings. The summed E-state index contributed by atoms with van der Waals surface area (Å²) in [5.74, 6) is -0.469. The zero-order valence-electron chi connectivity index (χ0n) is 11.1. The first-order valence-corrected chi connectivity index (χ1v) is 6.54. The molecule has 0 saturated carbocycles. The average molecular weight is 273 g/mol. The van der Waals surface area contributed by atoms with Crippen LogP contribution in [0.4, 0.5) is 11.4 Å². The lowest BCUT2D eigenvalue weighted by Crippen LogP contribution is -2.51. The lowest BCUT2D eigenvalue weighted by molar-refractivity contribution is -0.125. The van der Waals surface area contributed by atoms with Crippen LogP contribution in [0.2, 0.25) is 0 Å². The molecule has 2 aliphatic rings. The molecule has 3 amide bonds. The molecule has 0 aromatic heterocycles. The SMILES string of the molecule is CN1C(=O)CN(C(=O)C2CCC(=O)N2)c2ccccc21. The minimum atomic E-state index is -0.522. The minimum Gasteiger partial charge on any atom is -0.344 e. The van der Waals surface area contributed by atoms with Crippen molar-refractivity contribution in [2.45, 2.75) is 18.9 Å². The number of likely N-dealkylation sites (N-methyl/N-ethyl adjacent to an activating group) is 1. The highest BCUT2D eigenvalue weighted by Gasteiger charge is 2.36. The van der Waals surface area contributed by atoms with Crippen LogP contribution < -0.4 is 15.1 Å². The first kappa shape index (κ1) is 12.7. The molecule has 104 valence electrons. The van der Waals surface area contributed by atoms with Crippen molar-refractivity contribution in [2.75, 3.05) is 23.4 Å². The van der Waals surface area contributed by atoms with Gasteiger partial charge in [0.25, 0.3) is 0 Å². The number of hydrogen-bond acceptors (Lipinski definition) is 3. The number of amides is 3. The van der Waals surface area contributed by atoms with Gasteiger partial charge in [-0.15, -0.1) is 0 Å². The summed E-state index contributed by atoms with van der Waals surface area (Å²) in [4.78, 5) is 38.8. The lowest BCUT2D eigenvalue weighted by atomic mass is 10.1. The first-order chi connectivity index (χ1) is 9.58. The summed E-state index contributed by atoms with van der Waals surface area (Å²) in [6.45, 7) is 0.0126. The Balaban J connectivity index is 1.94. The van der Waals surface area contributed by atoms with Gasteiger partial charge in [0.15, 0.2) is 0 Å². The Hall–Kier alpha value is -2.37. The fourth-order valence-electron chi connectivity index (χ4n) is 2.62. The molecule has 0 radical (unpaired) electrons. The number of nitrogens with one attached hydrogen (secondary N) is 1. The Kier molecular flexibility index (Phi) is 2.93. The summed E-state index contributed by atoms with van der Waals surface area (Å²) in [6, 6.07) is 6.75. The summed E-state index contributed by atoms with van der Waals surface area (Å²) < 4.78 is 0. The van der Waals surface area contributed by atoms with Crippen molar-refractivity contribution >= 4 is 29.1 Å². The van der Waals surface area contributed by atoms with Crippen LogP contribution in [0.1, 0.15) is 12.8 Å². The van der Waals surface area contributed by atoms with Gasteiger partial charge in [-0.2, -0.15) is 0 Å². The van der Waals surface area contributed by atoms with Crippen molar-refractivity contribution in [1.29, 1.82) is 0 Å². The van der Waals surface area contributed by atoms with Gasteiger partial charge in [-0.1, -0.05) is 12.1 Å². The van der Waals surface area contributed by atoms with Crippen molar-refractivity contribution in [3.63, 3.8) is 0 Å². The van der Waals surface area contributed by atoms with E-state index in [0.29, 0.717) is 24.2 Å². The highest BCUT2D eigenvalue weighted by atomic mass is 16.2. The van der Waals surface area contributed by atoms with Gasteiger partial charge in [0.2, 0.25) is 17.7 Å². The van der Waals surface area contributed by atoms with Crippen LogP contribution >= 0.6 is 0 Å². The monoisotopic (exact) mass is 273 g/mol. The normalized spacial score (nSPS) is 21.8. The topological polar surface area (TPSA) is 69.7 Å². The van der Waals surface area contributed by atoms with Crippen LogP contribution in [0.25, 0.3) is 0 Å². The lowest BCUT2D eigenvalue weighted by Gasteiger charge is -2.35. The molecule has 2 heterocycles. The maximum atomic E-state index is 12.5. The average Bonchev–Trinajstić information content (AvgIpc) is 2.89. The van der Waals surface area contributed by atoms with Crippen LogP contribution in [0, 0.1) is 0 Å². The Morgan fingerprint density at radius 2 is 1.95 bits per heavy atom. The Morgan fingerprint density at radius 1 is 1.25 bits per heavy atom. The number of para-hydroxylation sites is 2. The van der Waals surface area contributed by atoms with Crippen LogP contribution in [0.5, 0.6) is 0 Å². The summed E-state index contributed by atoms with van der Waals surface area (Å²) in [5.41, 5.74) is 1.42. The van der Waals surface area contributed by atoms with E-state index in [2.05, 4.69) is 5.32 Å². The third-order valence-corrected chi connectivity index (χ3v) is 3.76. The number of rotatable bonds is 1. The first-order valence-electron chi connectivity index (χ1n) is 6.54. The van der Waals surface area contributed by atoms with E-state index in [9.17, 15) is 14.4 Å². The predicted molar refractivity (Wildman–Crippen MR) is 73.4 cm³/mol. The number of fused-ring (bicyclic) bond motifs is 1. The maximum absolute atomic E-state index is 12.5. The third-order valence-electron chi connectivity index (χ3n) is 3.76. The fraction of sp³-hybridized carbons (Fsp3) is 0.357. The molecule has 0 aliphatic carbocycles. The summed E-state index contributed by atoms with van der Waals surface area (Å²) >= 11 is 0. The van der Waals surface area contributed by atoms with E-state index in [1.165, 1.54) is 4.90 Å². The molecule has 3 rings (SSSR count). The molecule has 20 heavy (non-hydrogen) atoms. The molecule has 1 fully saturated rings. The van der Waals surface area contributed by atoms with Crippen molar-refractivity contribution in [1.82, 2.24) is 5.32 Å². The van der Waals surface area contributed by atoms with Gasteiger partial charge < -0.3 is 10.2 Å². The Morgan fingerprint density at radius 3 is 2.60 bits per heavy atom. The Labute approximate surface area is 116 Å². The smallest absolute Gasteiger partial charge is 0.250 e. The highest BCUT2D eigenvalue weighted by molar-refractivity contribution is 6.12. The quantitative estimate of drug-likeness (QED) is 0.798. The van der Waals surface area contributed by atoms with Gasteiger partial charge in [-0.05, 0) is 18.6 Å². The zero-order valence-corrected chi connectivity index (χ0v) is 11.1. The highest BCUT2D eigenvalue weighted by Crippen LogP contribution is 2.33.